The SMILES string of the molecule is Cn1ccnc1N1CCC(N2CCC(N)CC2)C1. The first-order valence-electron chi connectivity index (χ1n) is 6.96. The van der Waals surface area contributed by atoms with E-state index in [-0.39, 0.29) is 0 Å². The first-order chi connectivity index (χ1) is 8.74. The molecule has 0 aromatic carbocycles. The van der Waals surface area contributed by atoms with Gasteiger partial charge in [0, 0.05) is 44.6 Å². The second kappa shape index (κ2) is 4.90. The van der Waals surface area contributed by atoms with E-state index in [2.05, 4.69) is 26.4 Å². The van der Waals surface area contributed by atoms with Crippen molar-refractivity contribution < 1.29 is 0 Å². The number of nitrogens with zero attached hydrogens (tertiary/aromatic N) is 4. The van der Waals surface area contributed by atoms with Crippen LogP contribution in [-0.4, -0.2) is 52.7 Å². The first-order valence-corrected chi connectivity index (χ1v) is 6.96. The zero-order valence-electron chi connectivity index (χ0n) is 11.1. The molecule has 0 amide bonds. The van der Waals surface area contributed by atoms with Gasteiger partial charge in [0.1, 0.15) is 0 Å². The summed E-state index contributed by atoms with van der Waals surface area (Å²) in [7, 11) is 2.07. The van der Waals surface area contributed by atoms with E-state index in [4.69, 9.17) is 5.73 Å². The van der Waals surface area contributed by atoms with E-state index in [9.17, 15) is 0 Å². The number of rotatable bonds is 2. The van der Waals surface area contributed by atoms with Gasteiger partial charge in [-0.25, -0.2) is 4.98 Å². The van der Waals surface area contributed by atoms with E-state index >= 15 is 0 Å². The molecule has 5 heteroatoms. The van der Waals surface area contributed by atoms with Crippen LogP contribution in [0.3, 0.4) is 0 Å². The summed E-state index contributed by atoms with van der Waals surface area (Å²) in [6, 6.07) is 1.11. The molecule has 0 aliphatic carbocycles. The normalized spacial score (nSPS) is 27.0. The van der Waals surface area contributed by atoms with Crippen LogP contribution in [0, 0.1) is 0 Å². The monoisotopic (exact) mass is 249 g/mol. The summed E-state index contributed by atoms with van der Waals surface area (Å²) in [6.07, 6.45) is 7.45. The fourth-order valence-electron chi connectivity index (χ4n) is 3.17. The Labute approximate surface area is 109 Å². The van der Waals surface area contributed by atoms with Crippen molar-refractivity contribution in [2.75, 3.05) is 31.1 Å². The van der Waals surface area contributed by atoms with Crippen LogP contribution in [-0.2, 0) is 7.05 Å². The molecular formula is C13H23N5. The van der Waals surface area contributed by atoms with Gasteiger partial charge < -0.3 is 15.2 Å². The van der Waals surface area contributed by atoms with Crippen LogP contribution < -0.4 is 10.6 Å². The smallest absolute Gasteiger partial charge is 0.205 e. The van der Waals surface area contributed by atoms with E-state index in [0.29, 0.717) is 12.1 Å². The molecule has 3 heterocycles. The molecule has 2 aliphatic rings. The molecular weight excluding hydrogens is 226 g/mol. The molecule has 0 spiro atoms. The molecule has 2 N–H and O–H groups in total. The van der Waals surface area contributed by atoms with E-state index in [1.807, 2.05) is 12.4 Å². The highest BCUT2D eigenvalue weighted by atomic mass is 15.3. The zero-order valence-corrected chi connectivity index (χ0v) is 11.1. The molecule has 5 nitrogen and oxygen atoms in total. The predicted octanol–water partition coefficient (Wildman–Crippen LogP) is 0.422. The molecule has 2 saturated heterocycles. The summed E-state index contributed by atoms with van der Waals surface area (Å²) in [5, 5.41) is 0. The number of anilines is 1. The fraction of sp³-hybridized carbons (Fsp3) is 0.769. The Morgan fingerprint density at radius 1 is 1.22 bits per heavy atom. The number of hydrogen-bond acceptors (Lipinski definition) is 4. The summed E-state index contributed by atoms with van der Waals surface area (Å²) in [6.45, 7) is 4.57. The van der Waals surface area contributed by atoms with Gasteiger partial charge in [-0.1, -0.05) is 0 Å². The van der Waals surface area contributed by atoms with Gasteiger partial charge in [-0.05, 0) is 32.4 Å². The lowest BCUT2D eigenvalue weighted by atomic mass is 10.0. The Morgan fingerprint density at radius 3 is 2.67 bits per heavy atom. The highest BCUT2D eigenvalue weighted by molar-refractivity contribution is 5.33. The molecule has 100 valence electrons. The van der Waals surface area contributed by atoms with Gasteiger partial charge in [0.2, 0.25) is 5.95 Å². The predicted molar refractivity (Wildman–Crippen MR) is 72.6 cm³/mol. The summed E-state index contributed by atoms with van der Waals surface area (Å²) < 4.78 is 2.11. The van der Waals surface area contributed by atoms with E-state index < -0.39 is 0 Å². The molecule has 0 saturated carbocycles. The molecule has 1 atom stereocenters. The Hall–Kier alpha value is -1.07. The maximum atomic E-state index is 5.97. The third-order valence-electron chi connectivity index (χ3n) is 4.33. The van der Waals surface area contributed by atoms with Gasteiger partial charge in [-0.2, -0.15) is 0 Å². The third-order valence-corrected chi connectivity index (χ3v) is 4.33. The topological polar surface area (TPSA) is 50.3 Å². The minimum absolute atomic E-state index is 0.424. The number of likely N-dealkylation sites (tertiary alicyclic amines) is 1. The largest absolute Gasteiger partial charge is 0.341 e. The Bertz CT molecular complexity index is 394. The maximum absolute atomic E-state index is 5.97. The molecule has 1 aromatic heterocycles. The first kappa shape index (κ1) is 12.0. The van der Waals surface area contributed by atoms with E-state index in [1.165, 1.54) is 19.5 Å². The van der Waals surface area contributed by atoms with Crippen molar-refractivity contribution in [1.82, 2.24) is 14.5 Å². The fourth-order valence-corrected chi connectivity index (χ4v) is 3.17. The second-order valence-corrected chi connectivity index (χ2v) is 5.60. The van der Waals surface area contributed by atoms with Crippen LogP contribution in [0.2, 0.25) is 0 Å². The van der Waals surface area contributed by atoms with Gasteiger partial charge in [0.15, 0.2) is 0 Å². The van der Waals surface area contributed by atoms with Crippen LogP contribution in [0.15, 0.2) is 12.4 Å². The number of piperidine rings is 1. The van der Waals surface area contributed by atoms with Gasteiger partial charge in [0.05, 0.1) is 0 Å². The lowest BCUT2D eigenvalue weighted by Crippen LogP contribution is -2.46. The van der Waals surface area contributed by atoms with Crippen LogP contribution in [0.5, 0.6) is 0 Å². The second-order valence-electron chi connectivity index (χ2n) is 5.60. The van der Waals surface area contributed by atoms with E-state index in [1.54, 1.807) is 0 Å². The van der Waals surface area contributed by atoms with Crippen molar-refractivity contribution in [3.8, 4) is 0 Å². The number of hydrogen-bond donors (Lipinski definition) is 1. The van der Waals surface area contributed by atoms with Crippen molar-refractivity contribution in [3.63, 3.8) is 0 Å². The molecule has 3 rings (SSSR count). The van der Waals surface area contributed by atoms with Crippen molar-refractivity contribution in [3.05, 3.63) is 12.4 Å². The Morgan fingerprint density at radius 2 is 2.00 bits per heavy atom. The Kier molecular flexibility index (Phi) is 3.26. The summed E-state index contributed by atoms with van der Waals surface area (Å²) in [5.41, 5.74) is 5.97. The molecule has 18 heavy (non-hydrogen) atoms. The third kappa shape index (κ3) is 2.24. The molecule has 0 bridgehead atoms. The van der Waals surface area contributed by atoms with Crippen molar-refractivity contribution in [2.45, 2.75) is 31.3 Å². The van der Waals surface area contributed by atoms with Crippen LogP contribution in [0.25, 0.3) is 0 Å². The lowest BCUT2D eigenvalue weighted by Gasteiger charge is -2.34. The van der Waals surface area contributed by atoms with Crippen LogP contribution >= 0.6 is 0 Å². The summed E-state index contributed by atoms with van der Waals surface area (Å²) in [4.78, 5) is 9.46. The zero-order chi connectivity index (χ0) is 12.5. The number of aromatic nitrogens is 2. The maximum Gasteiger partial charge on any atom is 0.205 e. The standard InChI is InChI=1S/C13H23N5/c1-16-9-5-15-13(16)18-8-4-12(10-18)17-6-2-11(14)3-7-17/h5,9,11-12H,2-4,6-8,10,14H2,1H3. The highest BCUT2D eigenvalue weighted by Crippen LogP contribution is 2.23. The number of aryl methyl sites for hydroxylation is 1. The number of nitrogens with two attached hydrogens (primary N) is 1. The molecule has 2 fully saturated rings. The minimum Gasteiger partial charge on any atom is -0.341 e. The molecule has 1 aromatic rings. The molecule has 0 radical (unpaired) electrons. The highest BCUT2D eigenvalue weighted by Gasteiger charge is 2.30. The van der Waals surface area contributed by atoms with Crippen LogP contribution in [0.4, 0.5) is 5.95 Å². The summed E-state index contributed by atoms with van der Waals surface area (Å²) >= 11 is 0. The van der Waals surface area contributed by atoms with Crippen molar-refractivity contribution >= 4 is 5.95 Å². The average Bonchev–Trinajstić information content (AvgIpc) is 2.98. The van der Waals surface area contributed by atoms with Gasteiger partial charge >= 0.3 is 0 Å². The van der Waals surface area contributed by atoms with Crippen molar-refractivity contribution in [1.29, 1.82) is 0 Å². The van der Waals surface area contributed by atoms with Gasteiger partial charge in [0.25, 0.3) is 0 Å². The summed E-state index contributed by atoms with van der Waals surface area (Å²) in [5.74, 6) is 1.10. The number of imidazole rings is 1. The van der Waals surface area contributed by atoms with E-state index in [0.717, 1.165) is 31.9 Å². The quantitative estimate of drug-likeness (QED) is 0.825. The van der Waals surface area contributed by atoms with Gasteiger partial charge in [-0.15, -0.1) is 0 Å². The molecule has 1 unspecified atom stereocenters. The average molecular weight is 249 g/mol. The lowest BCUT2D eigenvalue weighted by molar-refractivity contribution is 0.163. The minimum atomic E-state index is 0.424. The van der Waals surface area contributed by atoms with Crippen LogP contribution in [0.1, 0.15) is 19.3 Å². The Balaban J connectivity index is 1.60. The molecule has 2 aliphatic heterocycles. The van der Waals surface area contributed by atoms with Crippen molar-refractivity contribution in [2.24, 2.45) is 12.8 Å². The van der Waals surface area contributed by atoms with Gasteiger partial charge in [-0.3, -0.25) is 4.90 Å².